The second-order valence-corrected chi connectivity index (χ2v) is 6.07. The summed E-state index contributed by atoms with van der Waals surface area (Å²) in [5, 5.41) is 9.25. The second-order valence-electron chi connectivity index (χ2n) is 6.07. The van der Waals surface area contributed by atoms with Crippen LogP contribution in [0.25, 0.3) is 0 Å². The van der Waals surface area contributed by atoms with Crippen molar-refractivity contribution in [3.05, 3.63) is 0 Å². The monoisotopic (exact) mass is 233 g/mol. The lowest BCUT2D eigenvalue weighted by atomic mass is 9.98. The van der Waals surface area contributed by atoms with Crippen molar-refractivity contribution in [2.75, 3.05) is 19.6 Å². The summed E-state index contributed by atoms with van der Waals surface area (Å²) in [7, 11) is 0. The molecule has 0 N–H and O–H groups in total. The quantitative estimate of drug-likeness (QED) is 0.692. The van der Waals surface area contributed by atoms with Gasteiger partial charge < -0.3 is 0 Å². The van der Waals surface area contributed by atoms with Gasteiger partial charge in [0.1, 0.15) is 0 Å². The molecule has 94 valence electrons. The molecule has 17 heavy (non-hydrogen) atoms. The first-order valence-corrected chi connectivity index (χ1v) is 7.19. The van der Waals surface area contributed by atoms with E-state index >= 15 is 0 Å². The molecule has 1 aliphatic carbocycles. The molecule has 3 nitrogen and oxygen atoms in total. The minimum absolute atomic E-state index is 0.297. The van der Waals surface area contributed by atoms with Crippen LogP contribution in [0, 0.1) is 17.2 Å². The molecule has 0 spiro atoms. The van der Waals surface area contributed by atoms with Crippen LogP contribution in [0.5, 0.6) is 0 Å². The number of nitriles is 1. The Morgan fingerprint density at radius 2 is 2.00 bits per heavy atom. The van der Waals surface area contributed by atoms with Crippen molar-refractivity contribution in [2.45, 2.75) is 57.2 Å². The Balaban J connectivity index is 1.72. The summed E-state index contributed by atoms with van der Waals surface area (Å²) in [6.45, 7) is 6.08. The average Bonchev–Trinajstić information content (AvgIpc) is 2.94. The van der Waals surface area contributed by atoms with E-state index in [9.17, 15) is 5.26 Å². The highest BCUT2D eigenvalue weighted by Crippen LogP contribution is 2.34. The maximum absolute atomic E-state index is 9.25. The highest BCUT2D eigenvalue weighted by Gasteiger charge is 2.41. The fourth-order valence-corrected chi connectivity index (χ4v) is 4.16. The van der Waals surface area contributed by atoms with Crippen molar-refractivity contribution in [3.8, 4) is 6.07 Å². The molecule has 0 bridgehead atoms. The number of hydrogen-bond acceptors (Lipinski definition) is 3. The number of piperazine rings is 1. The van der Waals surface area contributed by atoms with Crippen molar-refractivity contribution in [1.82, 2.24) is 9.80 Å². The standard InChI is InChI=1S/C14H23N3/c1-11-9-16-7-3-5-13(16)10-17(11)14-6-2-4-12(14)8-15/h11-14H,2-7,9-10H2,1H3. The Bertz CT molecular complexity index is 322. The maximum atomic E-state index is 9.25. The molecule has 0 radical (unpaired) electrons. The Hall–Kier alpha value is -0.590. The van der Waals surface area contributed by atoms with Gasteiger partial charge in [0, 0.05) is 31.2 Å². The van der Waals surface area contributed by atoms with Crippen molar-refractivity contribution >= 4 is 0 Å². The summed E-state index contributed by atoms with van der Waals surface area (Å²) in [6.07, 6.45) is 6.36. The molecule has 0 aromatic heterocycles. The van der Waals surface area contributed by atoms with E-state index in [-0.39, 0.29) is 0 Å². The largest absolute Gasteiger partial charge is 0.298 e. The molecular formula is C14H23N3. The minimum atomic E-state index is 0.297. The Morgan fingerprint density at radius 1 is 1.12 bits per heavy atom. The van der Waals surface area contributed by atoms with Crippen LogP contribution in [0.15, 0.2) is 0 Å². The zero-order valence-corrected chi connectivity index (χ0v) is 10.8. The van der Waals surface area contributed by atoms with E-state index in [1.165, 1.54) is 45.3 Å². The summed E-state index contributed by atoms with van der Waals surface area (Å²) in [6, 6.07) is 4.52. The number of hydrogen-bond donors (Lipinski definition) is 0. The van der Waals surface area contributed by atoms with Gasteiger partial charge in [-0.25, -0.2) is 0 Å². The summed E-state index contributed by atoms with van der Waals surface area (Å²) in [5.41, 5.74) is 0. The van der Waals surface area contributed by atoms with Gasteiger partial charge >= 0.3 is 0 Å². The van der Waals surface area contributed by atoms with Crippen LogP contribution >= 0.6 is 0 Å². The van der Waals surface area contributed by atoms with Crippen molar-refractivity contribution in [2.24, 2.45) is 5.92 Å². The van der Waals surface area contributed by atoms with Crippen LogP contribution in [0.3, 0.4) is 0 Å². The van der Waals surface area contributed by atoms with Crippen molar-refractivity contribution < 1.29 is 0 Å². The van der Waals surface area contributed by atoms with Gasteiger partial charge in [-0.3, -0.25) is 9.80 Å². The van der Waals surface area contributed by atoms with E-state index in [4.69, 9.17) is 0 Å². The van der Waals surface area contributed by atoms with Crippen LogP contribution < -0.4 is 0 Å². The molecule has 2 aliphatic heterocycles. The lowest BCUT2D eigenvalue weighted by Crippen LogP contribution is -2.58. The van der Waals surface area contributed by atoms with Gasteiger partial charge in [0.05, 0.1) is 12.0 Å². The van der Waals surface area contributed by atoms with Crippen LogP contribution in [0.2, 0.25) is 0 Å². The van der Waals surface area contributed by atoms with Crippen LogP contribution in [0.4, 0.5) is 0 Å². The molecule has 3 fully saturated rings. The van der Waals surface area contributed by atoms with E-state index in [0.717, 1.165) is 12.5 Å². The van der Waals surface area contributed by atoms with Gasteiger partial charge in [0.25, 0.3) is 0 Å². The predicted molar refractivity (Wildman–Crippen MR) is 67.5 cm³/mol. The van der Waals surface area contributed by atoms with Crippen LogP contribution in [0.1, 0.15) is 39.0 Å². The topological polar surface area (TPSA) is 30.3 Å². The van der Waals surface area contributed by atoms with Crippen LogP contribution in [-0.2, 0) is 0 Å². The first-order valence-electron chi connectivity index (χ1n) is 7.19. The summed E-state index contributed by atoms with van der Waals surface area (Å²) in [4.78, 5) is 5.32. The molecule has 2 heterocycles. The Labute approximate surface area is 104 Å². The number of rotatable bonds is 1. The van der Waals surface area contributed by atoms with Gasteiger partial charge in [0.2, 0.25) is 0 Å². The van der Waals surface area contributed by atoms with Gasteiger partial charge in [-0.2, -0.15) is 5.26 Å². The normalized spacial score (nSPS) is 43.5. The SMILES string of the molecule is CC1CN2CCCC2CN1C1CCCC1C#N. The lowest BCUT2D eigenvalue weighted by Gasteiger charge is -2.46. The van der Waals surface area contributed by atoms with Gasteiger partial charge in [-0.15, -0.1) is 0 Å². The molecule has 3 heteroatoms. The zero-order valence-electron chi connectivity index (χ0n) is 10.8. The van der Waals surface area contributed by atoms with Gasteiger partial charge in [0.15, 0.2) is 0 Å². The van der Waals surface area contributed by atoms with E-state index in [2.05, 4.69) is 22.8 Å². The smallest absolute Gasteiger partial charge is 0.0672 e. The van der Waals surface area contributed by atoms with E-state index < -0.39 is 0 Å². The molecule has 3 aliphatic rings. The molecule has 0 amide bonds. The number of fused-ring (bicyclic) bond motifs is 1. The molecule has 3 rings (SSSR count). The minimum Gasteiger partial charge on any atom is -0.298 e. The summed E-state index contributed by atoms with van der Waals surface area (Å²) >= 11 is 0. The molecule has 0 aromatic carbocycles. The van der Waals surface area contributed by atoms with Gasteiger partial charge in [-0.05, 0) is 39.2 Å². The third-order valence-corrected chi connectivity index (χ3v) is 5.06. The highest BCUT2D eigenvalue weighted by atomic mass is 15.3. The molecule has 1 saturated carbocycles. The maximum Gasteiger partial charge on any atom is 0.0672 e. The highest BCUT2D eigenvalue weighted by molar-refractivity contribution is 5.02. The van der Waals surface area contributed by atoms with E-state index in [1.54, 1.807) is 0 Å². The Morgan fingerprint density at radius 3 is 2.82 bits per heavy atom. The zero-order chi connectivity index (χ0) is 11.8. The average molecular weight is 233 g/mol. The number of nitrogens with zero attached hydrogens (tertiary/aromatic N) is 3. The molecule has 2 saturated heterocycles. The molecule has 0 aromatic rings. The van der Waals surface area contributed by atoms with Crippen LogP contribution in [-0.4, -0.2) is 47.6 Å². The molecule has 4 atom stereocenters. The van der Waals surface area contributed by atoms with Gasteiger partial charge in [-0.1, -0.05) is 6.42 Å². The Kier molecular flexibility index (Phi) is 3.10. The second kappa shape index (κ2) is 4.59. The third-order valence-electron chi connectivity index (χ3n) is 5.06. The molecule has 4 unspecified atom stereocenters. The van der Waals surface area contributed by atoms with Crippen molar-refractivity contribution in [1.29, 1.82) is 5.26 Å². The first kappa shape index (κ1) is 11.5. The summed E-state index contributed by atoms with van der Waals surface area (Å²) in [5.74, 6) is 0.297. The fourth-order valence-electron chi connectivity index (χ4n) is 4.16. The predicted octanol–water partition coefficient (Wildman–Crippen LogP) is 1.85. The third kappa shape index (κ3) is 1.98. The van der Waals surface area contributed by atoms with E-state index in [1.807, 2.05) is 0 Å². The fraction of sp³-hybridized carbons (Fsp3) is 0.929. The first-order chi connectivity index (χ1) is 8.29. The molecular weight excluding hydrogens is 210 g/mol. The lowest BCUT2D eigenvalue weighted by molar-refractivity contribution is 0.0221. The summed E-state index contributed by atoms with van der Waals surface area (Å²) < 4.78 is 0. The van der Waals surface area contributed by atoms with Crippen molar-refractivity contribution in [3.63, 3.8) is 0 Å². The van der Waals surface area contributed by atoms with E-state index in [0.29, 0.717) is 18.0 Å².